The Kier molecular flexibility index (Phi) is 6.07. The highest BCUT2D eigenvalue weighted by atomic mass is 15.1. The first-order valence-corrected chi connectivity index (χ1v) is 10.7. The summed E-state index contributed by atoms with van der Waals surface area (Å²) in [6.45, 7) is 15.6. The van der Waals surface area contributed by atoms with Gasteiger partial charge in [0, 0.05) is 30.7 Å². The molecule has 0 aliphatic heterocycles. The van der Waals surface area contributed by atoms with Gasteiger partial charge in [-0.05, 0) is 63.6 Å². The van der Waals surface area contributed by atoms with Gasteiger partial charge in [0.25, 0.3) is 0 Å². The van der Waals surface area contributed by atoms with Crippen molar-refractivity contribution in [3.63, 3.8) is 0 Å². The summed E-state index contributed by atoms with van der Waals surface area (Å²) in [6, 6.07) is 10.7. The van der Waals surface area contributed by atoms with Crippen molar-refractivity contribution in [1.82, 2.24) is 20.2 Å². The monoisotopic (exact) mass is 402 g/mol. The lowest BCUT2D eigenvalue weighted by Crippen LogP contribution is -2.24. The van der Waals surface area contributed by atoms with E-state index in [2.05, 4.69) is 92.9 Å². The van der Waals surface area contributed by atoms with Crippen molar-refractivity contribution in [2.75, 3.05) is 0 Å². The van der Waals surface area contributed by atoms with Crippen molar-refractivity contribution in [2.45, 2.75) is 77.6 Å². The third-order valence-electron chi connectivity index (χ3n) is 5.86. The van der Waals surface area contributed by atoms with Crippen LogP contribution in [0.25, 0.3) is 0 Å². The molecule has 158 valence electrons. The first-order chi connectivity index (χ1) is 14.0. The fraction of sp³-hybridized carbons (Fsp3) is 0.462. The molecule has 0 aliphatic carbocycles. The third kappa shape index (κ3) is 5.29. The van der Waals surface area contributed by atoms with E-state index in [0.29, 0.717) is 0 Å². The molecule has 0 fully saturated rings. The standard InChI is InChI=1S/C26H34N4/c1-24(2,3)21-14-23(30-29-18-21)16-25(4,5)19-10-12-28-22(13-19)15-26(6,7)20-9-8-11-27-17-20/h8-14,17-18H,15-16H2,1-7H3. The van der Waals surface area contributed by atoms with Crippen LogP contribution in [0.2, 0.25) is 0 Å². The van der Waals surface area contributed by atoms with Gasteiger partial charge < -0.3 is 0 Å². The number of pyridine rings is 2. The Morgan fingerprint density at radius 1 is 0.700 bits per heavy atom. The molecule has 0 amide bonds. The van der Waals surface area contributed by atoms with E-state index in [9.17, 15) is 0 Å². The van der Waals surface area contributed by atoms with Crippen molar-refractivity contribution in [3.8, 4) is 0 Å². The van der Waals surface area contributed by atoms with Crippen molar-refractivity contribution in [3.05, 3.63) is 83.2 Å². The first kappa shape index (κ1) is 22.1. The minimum Gasteiger partial charge on any atom is -0.264 e. The summed E-state index contributed by atoms with van der Waals surface area (Å²) in [6.07, 6.45) is 9.28. The molecule has 0 bridgehead atoms. The minimum absolute atomic E-state index is 0.0312. The Bertz CT molecular complexity index is 985. The Balaban J connectivity index is 1.82. The van der Waals surface area contributed by atoms with Crippen LogP contribution in [-0.4, -0.2) is 20.2 Å². The zero-order chi connectivity index (χ0) is 22.0. The molecule has 0 spiro atoms. The molecular formula is C26H34N4. The largest absolute Gasteiger partial charge is 0.264 e. The van der Waals surface area contributed by atoms with Gasteiger partial charge in [-0.3, -0.25) is 9.97 Å². The highest BCUT2D eigenvalue weighted by molar-refractivity contribution is 5.30. The normalized spacial score (nSPS) is 12.8. The zero-order valence-electron chi connectivity index (χ0n) is 19.4. The SMILES string of the molecule is CC(C)(C)c1cnnc(CC(C)(C)c2ccnc(CC(C)(C)c3cccnc3)c2)c1. The van der Waals surface area contributed by atoms with Crippen LogP contribution in [0.1, 0.15) is 76.5 Å². The molecule has 3 rings (SSSR count). The molecule has 4 heteroatoms. The van der Waals surface area contributed by atoms with Crippen molar-refractivity contribution < 1.29 is 0 Å². The van der Waals surface area contributed by atoms with Gasteiger partial charge in [0.2, 0.25) is 0 Å². The Morgan fingerprint density at radius 3 is 2.03 bits per heavy atom. The summed E-state index contributed by atoms with van der Waals surface area (Å²) < 4.78 is 0. The van der Waals surface area contributed by atoms with Gasteiger partial charge in [0.15, 0.2) is 0 Å². The van der Waals surface area contributed by atoms with E-state index in [1.54, 1.807) is 0 Å². The number of aromatic nitrogens is 4. The smallest absolute Gasteiger partial charge is 0.0642 e. The average Bonchev–Trinajstić information content (AvgIpc) is 2.68. The van der Waals surface area contributed by atoms with Crippen LogP contribution in [0.5, 0.6) is 0 Å². The van der Waals surface area contributed by atoms with Crippen LogP contribution in [0.3, 0.4) is 0 Å². The minimum atomic E-state index is -0.0681. The maximum atomic E-state index is 4.67. The zero-order valence-corrected chi connectivity index (χ0v) is 19.4. The molecule has 0 saturated heterocycles. The van der Waals surface area contributed by atoms with Gasteiger partial charge in [-0.2, -0.15) is 10.2 Å². The molecule has 0 radical (unpaired) electrons. The highest BCUT2D eigenvalue weighted by Gasteiger charge is 2.26. The lowest BCUT2D eigenvalue weighted by atomic mass is 9.78. The molecule has 3 heterocycles. The molecule has 4 nitrogen and oxygen atoms in total. The summed E-state index contributed by atoms with van der Waals surface area (Å²) in [5.41, 5.74) is 5.82. The molecule has 3 aromatic heterocycles. The Morgan fingerprint density at radius 2 is 1.37 bits per heavy atom. The number of nitrogens with zero attached hydrogens (tertiary/aromatic N) is 4. The van der Waals surface area contributed by atoms with Gasteiger partial charge in [0.1, 0.15) is 0 Å². The van der Waals surface area contributed by atoms with Crippen LogP contribution in [0, 0.1) is 0 Å². The second-order valence-corrected chi connectivity index (χ2v) is 10.6. The van der Waals surface area contributed by atoms with Gasteiger partial charge in [-0.1, -0.05) is 54.5 Å². The lowest BCUT2D eigenvalue weighted by Gasteiger charge is -2.28. The van der Waals surface area contributed by atoms with Crippen LogP contribution < -0.4 is 0 Å². The van der Waals surface area contributed by atoms with Gasteiger partial charge in [-0.25, -0.2) is 0 Å². The van der Waals surface area contributed by atoms with Gasteiger partial charge in [-0.15, -0.1) is 0 Å². The van der Waals surface area contributed by atoms with Crippen molar-refractivity contribution in [1.29, 1.82) is 0 Å². The summed E-state index contributed by atoms with van der Waals surface area (Å²) >= 11 is 0. The molecule has 30 heavy (non-hydrogen) atoms. The van der Waals surface area contributed by atoms with E-state index >= 15 is 0 Å². The van der Waals surface area contributed by atoms with Crippen LogP contribution >= 0.6 is 0 Å². The quantitative estimate of drug-likeness (QED) is 0.538. The predicted octanol–water partition coefficient (Wildman–Crippen LogP) is 5.60. The number of hydrogen-bond donors (Lipinski definition) is 0. The Labute approximate surface area is 181 Å². The maximum absolute atomic E-state index is 4.67. The van der Waals surface area contributed by atoms with E-state index in [4.69, 9.17) is 0 Å². The molecule has 0 aliphatic rings. The second kappa shape index (κ2) is 8.25. The van der Waals surface area contributed by atoms with E-state index in [1.165, 1.54) is 16.7 Å². The van der Waals surface area contributed by atoms with E-state index in [1.807, 2.05) is 30.9 Å². The number of rotatable bonds is 6. The molecule has 0 unspecified atom stereocenters. The van der Waals surface area contributed by atoms with Crippen LogP contribution in [0.15, 0.2) is 55.1 Å². The highest BCUT2D eigenvalue weighted by Crippen LogP contribution is 2.31. The molecule has 0 atom stereocenters. The molecule has 0 saturated carbocycles. The van der Waals surface area contributed by atoms with Gasteiger partial charge >= 0.3 is 0 Å². The van der Waals surface area contributed by atoms with Crippen molar-refractivity contribution >= 4 is 0 Å². The summed E-state index contributed by atoms with van der Waals surface area (Å²) in [7, 11) is 0. The average molecular weight is 403 g/mol. The molecular weight excluding hydrogens is 368 g/mol. The fourth-order valence-corrected chi connectivity index (χ4v) is 3.78. The topological polar surface area (TPSA) is 51.6 Å². The Hall–Kier alpha value is -2.62. The second-order valence-electron chi connectivity index (χ2n) is 10.6. The first-order valence-electron chi connectivity index (χ1n) is 10.7. The lowest BCUT2D eigenvalue weighted by molar-refractivity contribution is 0.496. The van der Waals surface area contributed by atoms with Gasteiger partial charge in [0.05, 0.1) is 11.9 Å². The molecule has 3 aromatic rings. The summed E-state index contributed by atoms with van der Waals surface area (Å²) in [4.78, 5) is 8.96. The van der Waals surface area contributed by atoms with E-state index in [0.717, 1.165) is 24.2 Å². The molecule has 0 aromatic carbocycles. The summed E-state index contributed by atoms with van der Waals surface area (Å²) in [5, 5.41) is 8.67. The number of hydrogen-bond acceptors (Lipinski definition) is 4. The van der Waals surface area contributed by atoms with E-state index < -0.39 is 0 Å². The van der Waals surface area contributed by atoms with E-state index in [-0.39, 0.29) is 16.2 Å². The maximum Gasteiger partial charge on any atom is 0.0642 e. The molecule has 0 N–H and O–H groups in total. The van der Waals surface area contributed by atoms with Crippen LogP contribution in [0.4, 0.5) is 0 Å². The summed E-state index contributed by atoms with van der Waals surface area (Å²) in [5.74, 6) is 0. The third-order valence-corrected chi connectivity index (χ3v) is 5.86. The predicted molar refractivity (Wildman–Crippen MR) is 123 cm³/mol. The fourth-order valence-electron chi connectivity index (χ4n) is 3.78. The van der Waals surface area contributed by atoms with Crippen molar-refractivity contribution in [2.24, 2.45) is 0 Å². The van der Waals surface area contributed by atoms with Crippen LogP contribution in [-0.2, 0) is 29.1 Å².